The topological polar surface area (TPSA) is 71.1 Å². The largest absolute Gasteiger partial charge is 0.459 e. The average Bonchev–Trinajstić information content (AvgIpc) is 2.72. The Hall–Kier alpha value is -1.24. The monoisotopic (exact) mass is 436 g/mol. The van der Waals surface area contributed by atoms with Gasteiger partial charge < -0.3 is 23.7 Å². The fraction of sp³-hybridized carbons (Fsp3) is 0.840. The smallest absolute Gasteiger partial charge is 0.303 e. The van der Waals surface area contributed by atoms with Gasteiger partial charge in [0.2, 0.25) is 0 Å². The van der Waals surface area contributed by atoms with Crippen molar-refractivity contribution in [2.45, 2.75) is 116 Å². The molecule has 0 N–H and O–H groups in total. The summed E-state index contributed by atoms with van der Waals surface area (Å²) in [5, 5.41) is 0. The fourth-order valence-electron chi connectivity index (χ4n) is 5.66. The molecule has 6 heteroatoms. The molecule has 0 aromatic rings. The van der Waals surface area contributed by atoms with Gasteiger partial charge in [-0.05, 0) is 43.1 Å². The van der Waals surface area contributed by atoms with E-state index in [1.807, 2.05) is 0 Å². The molecule has 0 radical (unpaired) electrons. The van der Waals surface area contributed by atoms with Gasteiger partial charge in [0.15, 0.2) is 0 Å². The molecule has 176 valence electrons. The first-order valence-electron chi connectivity index (χ1n) is 12.0. The molecule has 0 saturated carbocycles. The predicted molar refractivity (Wildman–Crippen MR) is 118 cm³/mol. The van der Waals surface area contributed by atoms with Crippen molar-refractivity contribution < 1.29 is 28.5 Å². The van der Waals surface area contributed by atoms with Gasteiger partial charge >= 0.3 is 5.97 Å². The van der Waals surface area contributed by atoms with Crippen LogP contribution in [0.1, 0.15) is 73.1 Å². The molecule has 6 nitrogen and oxygen atoms in total. The highest BCUT2D eigenvalue weighted by molar-refractivity contribution is 5.66. The number of rotatable bonds is 7. The molecular weight excluding hydrogens is 396 g/mol. The lowest BCUT2D eigenvalue weighted by Gasteiger charge is -2.51. The third-order valence-corrected chi connectivity index (χ3v) is 7.47. The highest BCUT2D eigenvalue weighted by Crippen LogP contribution is 2.42. The van der Waals surface area contributed by atoms with E-state index in [-0.39, 0.29) is 54.6 Å². The number of carbonyl (C=O) groups is 2. The molecule has 3 aliphatic rings. The first-order chi connectivity index (χ1) is 14.7. The van der Waals surface area contributed by atoms with Gasteiger partial charge in [0, 0.05) is 25.7 Å². The van der Waals surface area contributed by atoms with Crippen LogP contribution in [0.3, 0.4) is 0 Å². The zero-order valence-corrected chi connectivity index (χ0v) is 19.8. The van der Waals surface area contributed by atoms with Crippen molar-refractivity contribution in [3.8, 4) is 0 Å². The second-order valence-electron chi connectivity index (χ2n) is 9.84. The number of carbonyl (C=O) groups excluding carboxylic acids is 2. The van der Waals surface area contributed by atoms with Crippen molar-refractivity contribution in [1.29, 1.82) is 0 Å². The molecule has 3 saturated heterocycles. The molecule has 10 atom stereocenters. The van der Waals surface area contributed by atoms with Gasteiger partial charge in [-0.15, -0.1) is 0 Å². The molecule has 0 aromatic heterocycles. The summed E-state index contributed by atoms with van der Waals surface area (Å²) >= 11 is 0. The molecule has 3 fully saturated rings. The van der Waals surface area contributed by atoms with Crippen molar-refractivity contribution >= 4 is 12.3 Å². The summed E-state index contributed by atoms with van der Waals surface area (Å²) in [4.78, 5) is 22.7. The summed E-state index contributed by atoms with van der Waals surface area (Å²) < 4.78 is 25.1. The summed E-state index contributed by atoms with van der Waals surface area (Å²) in [7, 11) is 0. The summed E-state index contributed by atoms with van der Waals surface area (Å²) in [5.41, 5.74) is 1.06. The summed E-state index contributed by atoms with van der Waals surface area (Å²) in [6, 6.07) is 0. The minimum Gasteiger partial charge on any atom is -0.459 e. The Morgan fingerprint density at radius 1 is 1.16 bits per heavy atom. The molecule has 0 aromatic carbocycles. The van der Waals surface area contributed by atoms with E-state index in [4.69, 9.17) is 18.9 Å². The van der Waals surface area contributed by atoms with E-state index in [0.29, 0.717) is 24.7 Å². The van der Waals surface area contributed by atoms with E-state index < -0.39 is 0 Å². The van der Waals surface area contributed by atoms with Crippen molar-refractivity contribution in [3.05, 3.63) is 12.2 Å². The minimum absolute atomic E-state index is 0.00949. The van der Waals surface area contributed by atoms with Crippen molar-refractivity contribution in [1.82, 2.24) is 0 Å². The Labute approximate surface area is 187 Å². The number of hydrogen-bond donors (Lipinski definition) is 0. The van der Waals surface area contributed by atoms with Crippen molar-refractivity contribution in [2.75, 3.05) is 0 Å². The number of aldehydes is 1. The maximum Gasteiger partial charge on any atom is 0.303 e. The third-order valence-electron chi connectivity index (χ3n) is 7.47. The number of fused-ring (bicyclic) bond motifs is 1. The SMILES string of the molecule is C=C1C(C[C@@H]2O[C@H]3C[C@@H](C)[C@@H](CC)O[C@H]3[C@H](C)[C@H]2OC(C)=O)O[C@@H](CCC=O)C[C@H]1C. The van der Waals surface area contributed by atoms with Gasteiger partial charge in [0.05, 0.1) is 36.6 Å². The van der Waals surface area contributed by atoms with Crippen LogP contribution in [0.2, 0.25) is 0 Å². The Balaban J connectivity index is 1.76. The summed E-state index contributed by atoms with van der Waals surface area (Å²) in [5.74, 6) is 0.479. The van der Waals surface area contributed by atoms with Crippen molar-refractivity contribution in [3.63, 3.8) is 0 Å². The summed E-state index contributed by atoms with van der Waals surface area (Å²) in [6.07, 6.45) is 4.91. The van der Waals surface area contributed by atoms with E-state index >= 15 is 0 Å². The number of hydrogen-bond acceptors (Lipinski definition) is 6. The maximum absolute atomic E-state index is 11.9. The van der Waals surface area contributed by atoms with Crippen LogP contribution < -0.4 is 0 Å². The zero-order valence-electron chi connectivity index (χ0n) is 19.8. The van der Waals surface area contributed by atoms with E-state index in [2.05, 4.69) is 34.3 Å². The van der Waals surface area contributed by atoms with Crippen molar-refractivity contribution in [2.24, 2.45) is 17.8 Å². The van der Waals surface area contributed by atoms with Gasteiger partial charge in [-0.2, -0.15) is 0 Å². The highest BCUT2D eigenvalue weighted by atomic mass is 16.6. The quantitative estimate of drug-likeness (QED) is 0.338. The highest BCUT2D eigenvalue weighted by Gasteiger charge is 2.50. The molecule has 0 amide bonds. The Morgan fingerprint density at radius 2 is 1.90 bits per heavy atom. The van der Waals surface area contributed by atoms with Crippen LogP contribution in [0.4, 0.5) is 0 Å². The molecule has 31 heavy (non-hydrogen) atoms. The van der Waals surface area contributed by atoms with E-state index in [9.17, 15) is 9.59 Å². The Kier molecular flexibility index (Phi) is 8.33. The van der Waals surface area contributed by atoms with Crippen LogP contribution in [0.15, 0.2) is 12.2 Å². The molecule has 3 aliphatic heterocycles. The summed E-state index contributed by atoms with van der Waals surface area (Å²) in [6.45, 7) is 14.4. The van der Waals surface area contributed by atoms with Crippen LogP contribution in [0.5, 0.6) is 0 Å². The van der Waals surface area contributed by atoms with Crippen LogP contribution >= 0.6 is 0 Å². The average molecular weight is 437 g/mol. The Bertz CT molecular complexity index is 648. The minimum atomic E-state index is -0.383. The van der Waals surface area contributed by atoms with Crippen LogP contribution in [0, 0.1) is 17.8 Å². The van der Waals surface area contributed by atoms with Crippen LogP contribution in [-0.4, -0.2) is 55.0 Å². The third kappa shape index (κ3) is 5.58. The van der Waals surface area contributed by atoms with Gasteiger partial charge in [-0.3, -0.25) is 4.79 Å². The molecular formula is C25H40O6. The van der Waals surface area contributed by atoms with E-state index in [1.54, 1.807) is 0 Å². The first kappa shape index (κ1) is 24.4. The lowest BCUT2D eigenvalue weighted by Crippen LogP contribution is -2.60. The molecule has 0 aliphatic carbocycles. The van der Waals surface area contributed by atoms with Crippen LogP contribution in [0.25, 0.3) is 0 Å². The van der Waals surface area contributed by atoms with Gasteiger partial charge in [-0.1, -0.05) is 34.3 Å². The molecule has 1 unspecified atom stereocenters. The maximum atomic E-state index is 11.9. The fourth-order valence-corrected chi connectivity index (χ4v) is 5.66. The van der Waals surface area contributed by atoms with Gasteiger partial charge in [-0.25, -0.2) is 0 Å². The molecule has 0 spiro atoms. The van der Waals surface area contributed by atoms with Gasteiger partial charge in [0.25, 0.3) is 0 Å². The van der Waals surface area contributed by atoms with Crippen LogP contribution in [-0.2, 0) is 28.5 Å². The lowest BCUT2D eigenvalue weighted by molar-refractivity contribution is -0.263. The molecule has 3 rings (SSSR count). The molecule has 0 bridgehead atoms. The normalized spacial score (nSPS) is 43.2. The number of ether oxygens (including phenoxy) is 4. The zero-order chi connectivity index (χ0) is 22.7. The Morgan fingerprint density at radius 3 is 2.55 bits per heavy atom. The second-order valence-corrected chi connectivity index (χ2v) is 9.84. The molecule has 3 heterocycles. The second kappa shape index (κ2) is 10.6. The number of esters is 1. The first-order valence-corrected chi connectivity index (χ1v) is 12.0. The van der Waals surface area contributed by atoms with E-state index in [1.165, 1.54) is 6.92 Å². The lowest BCUT2D eigenvalue weighted by atomic mass is 9.78. The standard InChI is InChI=1S/C25H40O6/c1-7-20-15(3)12-22-25(31-20)17(5)24(28-18(6)27)23(30-22)13-21-16(4)14(2)11-19(29-21)9-8-10-26/h10,14-15,17,19-25H,4,7-9,11-13H2,1-3,5-6H3/t14-,15-,17-,19+,20-,21?,22+,23+,24-,25+/m1/s1. The predicted octanol–water partition coefficient (Wildman–Crippen LogP) is 4.24. The van der Waals surface area contributed by atoms with Gasteiger partial charge in [0.1, 0.15) is 12.4 Å². The van der Waals surface area contributed by atoms with E-state index in [0.717, 1.165) is 37.5 Å².